The monoisotopic (exact) mass is 616 g/mol. The summed E-state index contributed by atoms with van der Waals surface area (Å²) in [6.45, 7) is 5.49. The van der Waals surface area contributed by atoms with Gasteiger partial charge in [-0.25, -0.2) is 19.4 Å². The third-order valence-electron chi connectivity index (χ3n) is 8.28. The summed E-state index contributed by atoms with van der Waals surface area (Å²) in [6.07, 6.45) is 9.30. The summed E-state index contributed by atoms with van der Waals surface area (Å²) in [5.41, 5.74) is 3.71. The van der Waals surface area contributed by atoms with Crippen LogP contribution in [0, 0.1) is 0 Å². The van der Waals surface area contributed by atoms with Crippen molar-refractivity contribution in [2.75, 3.05) is 10.6 Å². The van der Waals surface area contributed by atoms with E-state index in [1.807, 2.05) is 58.3 Å². The van der Waals surface area contributed by atoms with E-state index >= 15 is 0 Å². The Kier molecular flexibility index (Phi) is 8.02. The van der Waals surface area contributed by atoms with E-state index in [1.165, 1.54) is 0 Å². The number of aromatic nitrogens is 5. The van der Waals surface area contributed by atoms with Crippen molar-refractivity contribution < 1.29 is 19.1 Å². The van der Waals surface area contributed by atoms with Crippen molar-refractivity contribution in [1.82, 2.24) is 29.2 Å². The molecule has 13 nitrogen and oxygen atoms in total. The van der Waals surface area contributed by atoms with Crippen molar-refractivity contribution in [3.8, 4) is 11.1 Å². The Balaban J connectivity index is 1.26. The average molecular weight is 617 g/mol. The number of carbonyl (C=O) groups is 2. The number of alkyl carbamates (subject to hydrolysis) is 1. The number of nitrogens with zero attached hydrogens (tertiary/aromatic N) is 5. The molecule has 0 bridgehead atoms. The molecule has 0 saturated heterocycles. The number of carbonyl (C=O) groups excluding carboxylic acids is 2. The van der Waals surface area contributed by atoms with Crippen LogP contribution in [-0.4, -0.2) is 53.8 Å². The highest BCUT2D eigenvalue weighted by Crippen LogP contribution is 2.34. The highest BCUT2D eigenvalue weighted by atomic mass is 16.6. The van der Waals surface area contributed by atoms with Gasteiger partial charge in [-0.05, 0) is 83.1 Å². The molecule has 45 heavy (non-hydrogen) atoms. The van der Waals surface area contributed by atoms with Crippen molar-refractivity contribution >= 4 is 40.4 Å². The molecule has 2 fully saturated rings. The molecule has 2 aliphatic carbocycles. The Hall–Kier alpha value is -4.81. The zero-order valence-corrected chi connectivity index (χ0v) is 26.3. The topological polar surface area (TPSA) is 146 Å². The third-order valence-corrected chi connectivity index (χ3v) is 8.28. The molecular weight excluding hydrogens is 576 g/mol. The van der Waals surface area contributed by atoms with Crippen molar-refractivity contribution in [3.05, 3.63) is 53.3 Å². The lowest BCUT2D eigenvalue weighted by molar-refractivity contribution is 0.0504. The number of imidazole rings is 1. The lowest BCUT2D eigenvalue weighted by Crippen LogP contribution is -2.38. The van der Waals surface area contributed by atoms with Gasteiger partial charge < -0.3 is 20.1 Å². The van der Waals surface area contributed by atoms with Gasteiger partial charge in [0, 0.05) is 55.4 Å². The van der Waals surface area contributed by atoms with Crippen molar-refractivity contribution in [1.29, 1.82) is 0 Å². The Morgan fingerprint density at radius 2 is 1.71 bits per heavy atom. The Morgan fingerprint density at radius 3 is 2.40 bits per heavy atom. The molecule has 0 spiro atoms. The summed E-state index contributed by atoms with van der Waals surface area (Å²) >= 11 is 0. The molecule has 0 aliphatic heterocycles. The molecule has 2 amide bonds. The molecular formula is C32H40N8O5. The van der Waals surface area contributed by atoms with Gasteiger partial charge in [-0.15, -0.1) is 0 Å². The first-order valence-electron chi connectivity index (χ1n) is 15.4. The largest absolute Gasteiger partial charge is 0.446 e. The number of hydrogen-bond acceptors (Lipinski definition) is 8. The zero-order chi connectivity index (χ0) is 31.9. The van der Waals surface area contributed by atoms with Crippen molar-refractivity contribution in [2.24, 2.45) is 14.1 Å². The maximum atomic E-state index is 13.4. The van der Waals surface area contributed by atoms with E-state index in [0.717, 1.165) is 48.7 Å². The average Bonchev–Trinajstić information content (AvgIpc) is 3.63. The van der Waals surface area contributed by atoms with Crippen molar-refractivity contribution in [2.45, 2.75) is 83.1 Å². The SMILES string of the molecule is Cn1cc(-c2cc(NC(=O)OC3CCC3)cc(Nc3cc4c(cn3)n(C)c(=O)n4[C@@H]3CC[C@@H](NC(=O)OC(C)(C)C)C3)c2)cn1. The third kappa shape index (κ3) is 6.81. The number of amides is 2. The molecule has 2 saturated carbocycles. The van der Waals surface area contributed by atoms with Crippen LogP contribution in [-0.2, 0) is 23.6 Å². The van der Waals surface area contributed by atoms with Gasteiger partial charge in [-0.3, -0.25) is 19.1 Å². The Bertz CT molecular complexity index is 1800. The number of pyridine rings is 1. The standard InChI is InChI=1S/C32H40N8O5/c1-32(2,3)45-30(42)36-21-9-10-24(14-21)40-26-15-28(33-17-27(26)39(5)31(40)43)35-22-11-19(20-16-34-38(4)18-20)12-23(13-22)37-29(41)44-25-7-6-8-25/h11-13,15-18,21,24-25H,6-10,14H2,1-5H3,(H,33,35)(H,36,42)(H,37,41)/t21-,24-/m1/s1. The molecule has 2 atom stereocenters. The number of rotatable bonds is 7. The summed E-state index contributed by atoms with van der Waals surface area (Å²) in [5, 5.41) is 13.5. The lowest BCUT2D eigenvalue weighted by Gasteiger charge is -2.25. The van der Waals surface area contributed by atoms with E-state index in [4.69, 9.17) is 9.47 Å². The Labute approximate surface area is 260 Å². The highest BCUT2D eigenvalue weighted by Gasteiger charge is 2.31. The minimum atomic E-state index is -0.585. The van der Waals surface area contributed by atoms with Crippen LogP contribution in [0.2, 0.25) is 0 Å². The van der Waals surface area contributed by atoms with Gasteiger partial charge in [0.25, 0.3) is 0 Å². The van der Waals surface area contributed by atoms with E-state index in [1.54, 1.807) is 33.3 Å². The van der Waals surface area contributed by atoms with Gasteiger partial charge in [0.15, 0.2) is 0 Å². The van der Waals surface area contributed by atoms with Gasteiger partial charge >= 0.3 is 17.9 Å². The van der Waals surface area contributed by atoms with Gasteiger partial charge in [0.05, 0.1) is 23.4 Å². The number of benzene rings is 1. The zero-order valence-electron chi connectivity index (χ0n) is 26.3. The number of fused-ring (bicyclic) bond motifs is 1. The molecule has 0 unspecified atom stereocenters. The summed E-state index contributed by atoms with van der Waals surface area (Å²) in [5.74, 6) is 0.537. The minimum Gasteiger partial charge on any atom is -0.446 e. The Morgan fingerprint density at radius 1 is 0.933 bits per heavy atom. The number of aryl methyl sites for hydroxylation is 2. The predicted molar refractivity (Wildman–Crippen MR) is 171 cm³/mol. The van der Waals surface area contributed by atoms with Gasteiger partial charge in [-0.2, -0.15) is 5.10 Å². The number of hydrogen-bond donors (Lipinski definition) is 3. The van der Waals surface area contributed by atoms with Crippen LogP contribution in [0.15, 0.2) is 47.7 Å². The van der Waals surface area contributed by atoms with Crippen LogP contribution in [0.4, 0.5) is 26.8 Å². The van der Waals surface area contributed by atoms with Gasteiger partial charge in [0.2, 0.25) is 0 Å². The number of anilines is 3. The number of nitrogens with one attached hydrogen (secondary N) is 3. The quantitative estimate of drug-likeness (QED) is 0.243. The molecule has 3 heterocycles. The summed E-state index contributed by atoms with van der Waals surface area (Å²) in [7, 11) is 3.58. The van der Waals surface area contributed by atoms with E-state index in [9.17, 15) is 14.4 Å². The maximum absolute atomic E-state index is 13.4. The second-order valence-corrected chi connectivity index (χ2v) is 13.0. The fourth-order valence-electron chi connectivity index (χ4n) is 5.92. The molecule has 3 N–H and O–H groups in total. The van der Waals surface area contributed by atoms with Crippen LogP contribution < -0.4 is 21.6 Å². The number of ether oxygens (including phenoxy) is 2. The summed E-state index contributed by atoms with van der Waals surface area (Å²) in [4.78, 5) is 43.0. The summed E-state index contributed by atoms with van der Waals surface area (Å²) in [6, 6.07) is 7.31. The first kappa shape index (κ1) is 30.2. The first-order valence-corrected chi connectivity index (χ1v) is 15.4. The van der Waals surface area contributed by atoms with E-state index in [0.29, 0.717) is 29.1 Å². The molecule has 13 heteroatoms. The highest BCUT2D eigenvalue weighted by molar-refractivity contribution is 5.88. The first-order chi connectivity index (χ1) is 21.4. The second kappa shape index (κ2) is 11.9. The molecule has 6 rings (SSSR count). The normalized spacial score (nSPS) is 18.4. The van der Waals surface area contributed by atoms with Crippen LogP contribution in [0.3, 0.4) is 0 Å². The lowest BCUT2D eigenvalue weighted by atomic mass is 9.96. The second-order valence-electron chi connectivity index (χ2n) is 13.0. The molecule has 0 radical (unpaired) electrons. The van der Waals surface area contributed by atoms with Crippen LogP contribution >= 0.6 is 0 Å². The van der Waals surface area contributed by atoms with Crippen molar-refractivity contribution in [3.63, 3.8) is 0 Å². The van der Waals surface area contributed by atoms with E-state index in [2.05, 4.69) is 26.0 Å². The summed E-state index contributed by atoms with van der Waals surface area (Å²) < 4.78 is 16.0. The molecule has 4 aromatic rings. The molecule has 1 aromatic carbocycles. The van der Waals surface area contributed by atoms with Gasteiger partial charge in [-0.1, -0.05) is 0 Å². The maximum Gasteiger partial charge on any atom is 0.411 e. The van der Waals surface area contributed by atoms with Crippen LogP contribution in [0.1, 0.15) is 65.3 Å². The molecule has 2 aliphatic rings. The fraction of sp³-hybridized carbons (Fsp3) is 0.469. The molecule has 3 aromatic heterocycles. The van der Waals surface area contributed by atoms with Gasteiger partial charge in [0.1, 0.15) is 17.5 Å². The fourth-order valence-corrected chi connectivity index (χ4v) is 5.92. The van der Waals surface area contributed by atoms with Crippen LogP contribution in [0.25, 0.3) is 22.2 Å². The predicted octanol–water partition coefficient (Wildman–Crippen LogP) is 5.60. The molecule has 238 valence electrons. The minimum absolute atomic E-state index is 0.0354. The van der Waals surface area contributed by atoms with E-state index in [-0.39, 0.29) is 23.9 Å². The smallest absolute Gasteiger partial charge is 0.411 e. The van der Waals surface area contributed by atoms with Crippen LogP contribution in [0.5, 0.6) is 0 Å². The van der Waals surface area contributed by atoms with E-state index < -0.39 is 17.8 Å².